The van der Waals surface area contributed by atoms with E-state index < -0.39 is 10.0 Å². The first-order valence-corrected chi connectivity index (χ1v) is 11.7. The third-order valence-corrected chi connectivity index (χ3v) is 7.62. The average Bonchev–Trinajstić information content (AvgIpc) is 2.71. The quantitative estimate of drug-likeness (QED) is 0.725. The lowest BCUT2D eigenvalue weighted by Gasteiger charge is -2.32. The number of amides is 1. The highest BCUT2D eigenvalue weighted by Crippen LogP contribution is 2.28. The highest BCUT2D eigenvalue weighted by atomic mass is 35.5. The highest BCUT2D eigenvalue weighted by Gasteiger charge is 2.27. The lowest BCUT2D eigenvalue weighted by molar-refractivity contribution is 0.0689. The van der Waals surface area contributed by atoms with E-state index in [1.165, 1.54) is 22.8 Å². The first-order valence-electron chi connectivity index (χ1n) is 9.50. The van der Waals surface area contributed by atoms with Crippen LogP contribution in [-0.4, -0.2) is 43.4 Å². The lowest BCUT2D eigenvalue weighted by atomic mass is 9.97. The molecule has 0 aliphatic carbocycles. The van der Waals surface area contributed by atoms with Crippen LogP contribution in [0.3, 0.4) is 0 Å². The van der Waals surface area contributed by atoms with Crippen LogP contribution >= 0.6 is 23.2 Å². The SMILES string of the molecule is Cc1cc(S(=O)(=O)NCC2CCN(C(=O)c3cccn(C)c3=O)CC2)c(Cl)cc1Cl. The first-order chi connectivity index (χ1) is 14.1. The summed E-state index contributed by atoms with van der Waals surface area (Å²) in [4.78, 5) is 26.4. The number of carbonyl (C=O) groups is 1. The van der Waals surface area contributed by atoms with Crippen molar-refractivity contribution in [2.45, 2.75) is 24.7 Å². The van der Waals surface area contributed by atoms with Gasteiger partial charge in [-0.3, -0.25) is 9.59 Å². The Hall–Kier alpha value is -1.87. The number of hydrogen-bond acceptors (Lipinski definition) is 4. The van der Waals surface area contributed by atoms with Crippen LogP contribution in [0.25, 0.3) is 0 Å². The number of benzene rings is 1. The van der Waals surface area contributed by atoms with Gasteiger partial charge in [0.2, 0.25) is 10.0 Å². The van der Waals surface area contributed by atoms with Gasteiger partial charge >= 0.3 is 0 Å². The highest BCUT2D eigenvalue weighted by molar-refractivity contribution is 7.89. The molecule has 0 unspecified atom stereocenters. The van der Waals surface area contributed by atoms with Crippen molar-refractivity contribution in [3.63, 3.8) is 0 Å². The summed E-state index contributed by atoms with van der Waals surface area (Å²) >= 11 is 12.1. The smallest absolute Gasteiger partial charge is 0.263 e. The minimum absolute atomic E-state index is 0.00129. The summed E-state index contributed by atoms with van der Waals surface area (Å²) in [5.41, 5.74) is 0.444. The van der Waals surface area contributed by atoms with Crippen LogP contribution in [0.2, 0.25) is 10.0 Å². The summed E-state index contributed by atoms with van der Waals surface area (Å²) in [5, 5.41) is 0.479. The van der Waals surface area contributed by atoms with E-state index in [9.17, 15) is 18.0 Å². The number of rotatable bonds is 5. The molecule has 0 atom stereocenters. The molecular weight excluding hydrogens is 449 g/mol. The van der Waals surface area contributed by atoms with Crippen molar-refractivity contribution in [3.05, 3.63) is 62.0 Å². The number of aryl methyl sites for hydroxylation is 2. The molecule has 1 aromatic carbocycles. The molecule has 162 valence electrons. The van der Waals surface area contributed by atoms with Crippen LogP contribution in [0.15, 0.2) is 40.2 Å². The minimum Gasteiger partial charge on any atom is -0.338 e. The maximum Gasteiger partial charge on any atom is 0.263 e. The maximum absolute atomic E-state index is 12.7. The number of aromatic nitrogens is 1. The molecule has 2 heterocycles. The molecule has 30 heavy (non-hydrogen) atoms. The number of pyridine rings is 1. The largest absolute Gasteiger partial charge is 0.338 e. The summed E-state index contributed by atoms with van der Waals surface area (Å²) in [7, 11) is -2.17. The van der Waals surface area contributed by atoms with E-state index in [-0.39, 0.29) is 39.4 Å². The van der Waals surface area contributed by atoms with Gasteiger partial charge in [-0.05, 0) is 55.5 Å². The van der Waals surface area contributed by atoms with Crippen molar-refractivity contribution >= 4 is 39.1 Å². The summed E-state index contributed by atoms with van der Waals surface area (Å²) < 4.78 is 29.3. The fourth-order valence-corrected chi connectivity index (χ4v) is 5.36. The van der Waals surface area contributed by atoms with Gasteiger partial charge in [-0.25, -0.2) is 13.1 Å². The molecule has 10 heteroatoms. The second kappa shape index (κ2) is 9.09. The standard InChI is InChI=1S/C20H23Cl2N3O4S/c1-13-10-18(17(22)11-16(13)21)30(28,29)23-12-14-5-8-25(9-6-14)20(27)15-4-3-7-24(2)19(15)26/h3-4,7,10-11,14,23H,5-6,8-9,12H2,1-2H3. The van der Waals surface area contributed by atoms with Gasteiger partial charge in [0, 0.05) is 37.9 Å². The number of nitrogens with zero attached hydrogens (tertiary/aromatic N) is 2. The summed E-state index contributed by atoms with van der Waals surface area (Å²) in [5.74, 6) is -0.215. The van der Waals surface area contributed by atoms with Gasteiger partial charge in [0.15, 0.2) is 0 Å². The van der Waals surface area contributed by atoms with Crippen LogP contribution in [0.1, 0.15) is 28.8 Å². The number of halogens is 2. The van der Waals surface area contributed by atoms with E-state index in [0.29, 0.717) is 36.5 Å². The fourth-order valence-electron chi connectivity index (χ4n) is 3.41. The number of likely N-dealkylation sites (tertiary alicyclic amines) is 1. The molecule has 1 aromatic heterocycles. The Labute approximate surface area is 185 Å². The second-order valence-corrected chi connectivity index (χ2v) is 10.0. The van der Waals surface area contributed by atoms with E-state index in [4.69, 9.17) is 23.2 Å². The molecule has 0 radical (unpaired) electrons. The van der Waals surface area contributed by atoms with Gasteiger partial charge in [-0.15, -0.1) is 0 Å². The molecular formula is C20H23Cl2N3O4S. The van der Waals surface area contributed by atoms with E-state index in [1.54, 1.807) is 31.1 Å². The predicted octanol–water partition coefficient (Wildman–Crippen LogP) is 2.83. The molecule has 2 aromatic rings. The Kier molecular flexibility index (Phi) is 6.91. The molecule has 7 nitrogen and oxygen atoms in total. The summed E-state index contributed by atoms with van der Waals surface area (Å²) in [6, 6.07) is 6.07. The molecule has 1 aliphatic rings. The van der Waals surface area contributed by atoms with Crippen molar-refractivity contribution in [1.82, 2.24) is 14.2 Å². The van der Waals surface area contributed by atoms with Crippen molar-refractivity contribution in [3.8, 4) is 0 Å². The minimum atomic E-state index is -3.78. The van der Waals surface area contributed by atoms with E-state index in [2.05, 4.69) is 4.72 Å². The van der Waals surface area contributed by atoms with E-state index in [0.717, 1.165) is 0 Å². The number of nitrogens with one attached hydrogen (secondary N) is 1. The molecule has 0 spiro atoms. The topological polar surface area (TPSA) is 88.5 Å². The predicted molar refractivity (Wildman–Crippen MR) is 117 cm³/mol. The van der Waals surface area contributed by atoms with Crippen LogP contribution in [0, 0.1) is 12.8 Å². The van der Waals surface area contributed by atoms with Gasteiger partial charge in [0.25, 0.3) is 11.5 Å². The zero-order valence-corrected chi connectivity index (χ0v) is 19.0. The molecule has 0 bridgehead atoms. The molecule has 1 amide bonds. The average molecular weight is 472 g/mol. The Balaban J connectivity index is 1.60. The molecule has 1 aliphatic heterocycles. The van der Waals surface area contributed by atoms with Crippen LogP contribution < -0.4 is 10.3 Å². The van der Waals surface area contributed by atoms with Crippen molar-refractivity contribution in [1.29, 1.82) is 0 Å². The van der Waals surface area contributed by atoms with Gasteiger partial charge in [0.1, 0.15) is 10.5 Å². The van der Waals surface area contributed by atoms with Crippen molar-refractivity contribution < 1.29 is 13.2 Å². The van der Waals surface area contributed by atoms with Crippen LogP contribution in [0.4, 0.5) is 0 Å². The Morgan fingerprint density at radius 1 is 1.20 bits per heavy atom. The Morgan fingerprint density at radius 3 is 2.53 bits per heavy atom. The molecule has 0 saturated carbocycles. The molecule has 3 rings (SSSR count). The van der Waals surface area contributed by atoms with Crippen LogP contribution in [-0.2, 0) is 17.1 Å². The van der Waals surface area contributed by atoms with Gasteiger partial charge in [-0.2, -0.15) is 0 Å². The summed E-state index contributed by atoms with van der Waals surface area (Å²) in [6.07, 6.45) is 2.87. The van der Waals surface area contributed by atoms with Gasteiger partial charge in [-0.1, -0.05) is 23.2 Å². The van der Waals surface area contributed by atoms with Gasteiger partial charge in [0.05, 0.1) is 5.02 Å². The van der Waals surface area contributed by atoms with Crippen LogP contribution in [0.5, 0.6) is 0 Å². The zero-order chi connectivity index (χ0) is 22.1. The van der Waals surface area contributed by atoms with Crippen molar-refractivity contribution in [2.75, 3.05) is 19.6 Å². The van der Waals surface area contributed by atoms with E-state index in [1.807, 2.05) is 0 Å². The Morgan fingerprint density at radius 2 is 1.87 bits per heavy atom. The molecule has 1 N–H and O–H groups in total. The maximum atomic E-state index is 12.7. The number of hydrogen-bond donors (Lipinski definition) is 1. The zero-order valence-electron chi connectivity index (χ0n) is 16.7. The van der Waals surface area contributed by atoms with E-state index >= 15 is 0 Å². The Bertz CT molecular complexity index is 1120. The summed E-state index contributed by atoms with van der Waals surface area (Å²) in [6.45, 7) is 2.88. The normalized spacial score (nSPS) is 15.4. The number of piperidine rings is 1. The fraction of sp³-hybridized carbons (Fsp3) is 0.400. The monoisotopic (exact) mass is 471 g/mol. The van der Waals surface area contributed by atoms with Gasteiger partial charge < -0.3 is 9.47 Å². The number of sulfonamides is 1. The molecule has 1 fully saturated rings. The first kappa shape index (κ1) is 22.8. The van der Waals surface area contributed by atoms with Crippen molar-refractivity contribution in [2.24, 2.45) is 13.0 Å². The molecule has 1 saturated heterocycles. The second-order valence-electron chi connectivity index (χ2n) is 7.46. The third-order valence-electron chi connectivity index (χ3n) is 5.32. The third kappa shape index (κ3) is 4.88. The number of carbonyl (C=O) groups excluding carboxylic acids is 1. The lowest BCUT2D eigenvalue weighted by Crippen LogP contribution is -2.43.